The summed E-state index contributed by atoms with van der Waals surface area (Å²) in [5.74, 6) is 1.25. The summed E-state index contributed by atoms with van der Waals surface area (Å²) in [6.07, 6.45) is 4.69. The molecule has 20 heavy (non-hydrogen) atoms. The SMILES string of the molecule is CCNC(CC1CCS(=O)(=O)C1)c1nccnc1OC. The summed E-state index contributed by atoms with van der Waals surface area (Å²) in [5, 5.41) is 3.35. The number of sulfone groups is 1. The van der Waals surface area contributed by atoms with Crippen LogP contribution in [0.15, 0.2) is 12.4 Å². The third-order valence-corrected chi connectivity index (χ3v) is 5.40. The van der Waals surface area contributed by atoms with Crippen LogP contribution in [0.2, 0.25) is 0 Å². The fraction of sp³-hybridized carbons (Fsp3) is 0.692. The highest BCUT2D eigenvalue weighted by atomic mass is 32.2. The van der Waals surface area contributed by atoms with E-state index in [1.165, 1.54) is 0 Å². The van der Waals surface area contributed by atoms with Gasteiger partial charge in [-0.3, -0.25) is 4.98 Å². The molecule has 1 aromatic heterocycles. The first-order valence-corrected chi connectivity index (χ1v) is 8.66. The smallest absolute Gasteiger partial charge is 0.236 e. The second-order valence-corrected chi connectivity index (χ2v) is 7.29. The lowest BCUT2D eigenvalue weighted by molar-refractivity contribution is 0.360. The van der Waals surface area contributed by atoms with E-state index in [1.54, 1.807) is 19.5 Å². The maximum Gasteiger partial charge on any atom is 0.236 e. The zero-order valence-electron chi connectivity index (χ0n) is 11.9. The minimum atomic E-state index is -2.85. The van der Waals surface area contributed by atoms with E-state index in [4.69, 9.17) is 4.74 Å². The van der Waals surface area contributed by atoms with Gasteiger partial charge in [0.25, 0.3) is 0 Å². The van der Waals surface area contributed by atoms with Gasteiger partial charge < -0.3 is 10.1 Å². The Balaban J connectivity index is 2.15. The Kier molecular flexibility index (Phi) is 4.93. The van der Waals surface area contributed by atoms with Crippen molar-refractivity contribution in [3.8, 4) is 5.88 Å². The molecule has 1 N–H and O–H groups in total. The monoisotopic (exact) mass is 299 g/mol. The third-order valence-electron chi connectivity index (χ3n) is 3.56. The molecular formula is C13H21N3O3S. The second kappa shape index (κ2) is 6.49. The van der Waals surface area contributed by atoms with Crippen LogP contribution >= 0.6 is 0 Å². The molecule has 0 bridgehead atoms. The molecular weight excluding hydrogens is 278 g/mol. The number of nitrogens with one attached hydrogen (secondary N) is 1. The highest BCUT2D eigenvalue weighted by molar-refractivity contribution is 7.91. The predicted octanol–water partition coefficient (Wildman–Crippen LogP) is 0.961. The molecule has 1 fully saturated rings. The molecule has 1 aliphatic rings. The van der Waals surface area contributed by atoms with Gasteiger partial charge >= 0.3 is 0 Å². The minimum absolute atomic E-state index is 0.0260. The number of nitrogens with zero attached hydrogens (tertiary/aromatic N) is 2. The first kappa shape index (κ1) is 15.2. The van der Waals surface area contributed by atoms with E-state index in [2.05, 4.69) is 15.3 Å². The van der Waals surface area contributed by atoms with Crippen molar-refractivity contribution < 1.29 is 13.2 Å². The molecule has 1 aromatic rings. The Morgan fingerprint density at radius 2 is 2.20 bits per heavy atom. The number of methoxy groups -OCH3 is 1. The molecule has 2 atom stereocenters. The van der Waals surface area contributed by atoms with Crippen molar-refractivity contribution >= 4 is 9.84 Å². The topological polar surface area (TPSA) is 81.2 Å². The van der Waals surface area contributed by atoms with Crippen LogP contribution in [0.3, 0.4) is 0 Å². The van der Waals surface area contributed by atoms with E-state index >= 15 is 0 Å². The molecule has 7 heteroatoms. The largest absolute Gasteiger partial charge is 0.480 e. The average molecular weight is 299 g/mol. The van der Waals surface area contributed by atoms with E-state index < -0.39 is 9.84 Å². The Morgan fingerprint density at radius 3 is 2.80 bits per heavy atom. The molecule has 0 saturated carbocycles. The van der Waals surface area contributed by atoms with E-state index in [0.29, 0.717) is 11.6 Å². The fourth-order valence-corrected chi connectivity index (χ4v) is 4.54. The van der Waals surface area contributed by atoms with Crippen LogP contribution < -0.4 is 10.1 Å². The Labute approximate surface area is 119 Å². The van der Waals surface area contributed by atoms with E-state index in [9.17, 15) is 8.42 Å². The summed E-state index contributed by atoms with van der Waals surface area (Å²) in [6.45, 7) is 2.80. The molecule has 0 aliphatic carbocycles. The van der Waals surface area contributed by atoms with Crippen LogP contribution in [0.25, 0.3) is 0 Å². The van der Waals surface area contributed by atoms with E-state index in [0.717, 1.165) is 25.1 Å². The van der Waals surface area contributed by atoms with E-state index in [-0.39, 0.29) is 17.7 Å². The third kappa shape index (κ3) is 3.67. The molecule has 112 valence electrons. The fourth-order valence-electron chi connectivity index (χ4n) is 2.66. The lowest BCUT2D eigenvalue weighted by Gasteiger charge is -2.21. The molecule has 2 unspecified atom stereocenters. The summed E-state index contributed by atoms with van der Waals surface area (Å²) in [6, 6.07) is -0.0260. The van der Waals surface area contributed by atoms with Crippen LogP contribution in [0.4, 0.5) is 0 Å². The molecule has 2 rings (SSSR count). The predicted molar refractivity (Wildman–Crippen MR) is 76.4 cm³/mol. The Hall–Kier alpha value is -1.21. The molecule has 0 radical (unpaired) electrons. The van der Waals surface area contributed by atoms with Gasteiger partial charge in [-0.15, -0.1) is 0 Å². The normalized spacial score (nSPS) is 22.6. The van der Waals surface area contributed by atoms with Gasteiger partial charge in [0.15, 0.2) is 9.84 Å². The summed E-state index contributed by atoms with van der Waals surface area (Å²) in [4.78, 5) is 8.51. The highest BCUT2D eigenvalue weighted by Gasteiger charge is 2.31. The van der Waals surface area contributed by atoms with Crippen LogP contribution in [0.1, 0.15) is 31.5 Å². The lowest BCUT2D eigenvalue weighted by atomic mass is 9.97. The number of hydrogen-bond donors (Lipinski definition) is 1. The Morgan fingerprint density at radius 1 is 1.45 bits per heavy atom. The summed E-state index contributed by atoms with van der Waals surface area (Å²) < 4.78 is 28.4. The molecule has 1 saturated heterocycles. The van der Waals surface area contributed by atoms with Crippen molar-refractivity contribution in [3.63, 3.8) is 0 Å². The van der Waals surface area contributed by atoms with E-state index in [1.807, 2.05) is 6.92 Å². The van der Waals surface area contributed by atoms with Gasteiger partial charge in [-0.2, -0.15) is 0 Å². The molecule has 0 aromatic carbocycles. The molecule has 0 spiro atoms. The molecule has 1 aliphatic heterocycles. The maximum atomic E-state index is 11.6. The van der Waals surface area contributed by atoms with Crippen LogP contribution in [-0.2, 0) is 9.84 Å². The summed E-state index contributed by atoms with van der Waals surface area (Å²) in [7, 11) is -1.28. The number of aromatic nitrogens is 2. The van der Waals surface area contributed by atoms with Crippen LogP contribution in [0.5, 0.6) is 5.88 Å². The van der Waals surface area contributed by atoms with Gasteiger partial charge in [0.2, 0.25) is 5.88 Å². The molecule has 0 amide bonds. The zero-order valence-corrected chi connectivity index (χ0v) is 12.7. The van der Waals surface area contributed by atoms with Crippen molar-refractivity contribution in [1.29, 1.82) is 0 Å². The van der Waals surface area contributed by atoms with Crippen LogP contribution in [0, 0.1) is 5.92 Å². The van der Waals surface area contributed by atoms with Crippen molar-refractivity contribution in [2.45, 2.75) is 25.8 Å². The van der Waals surface area contributed by atoms with Crippen molar-refractivity contribution in [2.75, 3.05) is 25.2 Å². The van der Waals surface area contributed by atoms with Gasteiger partial charge in [0.1, 0.15) is 5.69 Å². The van der Waals surface area contributed by atoms with Crippen molar-refractivity contribution in [1.82, 2.24) is 15.3 Å². The Bertz CT molecular complexity index is 548. The van der Waals surface area contributed by atoms with Gasteiger partial charge in [0, 0.05) is 12.4 Å². The van der Waals surface area contributed by atoms with Gasteiger partial charge in [-0.25, -0.2) is 13.4 Å². The first-order valence-electron chi connectivity index (χ1n) is 6.84. The molecule has 6 nitrogen and oxygen atoms in total. The van der Waals surface area contributed by atoms with Crippen molar-refractivity contribution in [3.05, 3.63) is 18.1 Å². The van der Waals surface area contributed by atoms with Gasteiger partial charge in [-0.05, 0) is 25.3 Å². The first-order chi connectivity index (χ1) is 9.55. The van der Waals surface area contributed by atoms with Gasteiger partial charge in [0.05, 0.1) is 24.7 Å². The summed E-state index contributed by atoms with van der Waals surface area (Å²) >= 11 is 0. The minimum Gasteiger partial charge on any atom is -0.480 e. The quantitative estimate of drug-likeness (QED) is 0.842. The lowest BCUT2D eigenvalue weighted by Crippen LogP contribution is -2.25. The number of hydrogen-bond acceptors (Lipinski definition) is 6. The second-order valence-electron chi connectivity index (χ2n) is 5.07. The maximum absolute atomic E-state index is 11.6. The van der Waals surface area contributed by atoms with Crippen molar-refractivity contribution in [2.24, 2.45) is 5.92 Å². The number of ether oxygens (including phenoxy) is 1. The standard InChI is InChI=1S/C13H21N3O3S/c1-3-14-11(8-10-4-7-20(17,18)9-10)12-13(19-2)16-6-5-15-12/h5-6,10-11,14H,3-4,7-9H2,1-2H3. The van der Waals surface area contributed by atoms with Gasteiger partial charge in [-0.1, -0.05) is 6.92 Å². The highest BCUT2D eigenvalue weighted by Crippen LogP contribution is 2.30. The summed E-state index contributed by atoms with van der Waals surface area (Å²) in [5.41, 5.74) is 0.751. The average Bonchev–Trinajstić information content (AvgIpc) is 2.77. The van der Waals surface area contributed by atoms with Crippen LogP contribution in [-0.4, -0.2) is 43.5 Å². The number of rotatable bonds is 6. The molecule has 2 heterocycles. The zero-order chi connectivity index (χ0) is 14.6.